The molecule has 31 heavy (non-hydrogen) atoms. The lowest BCUT2D eigenvalue weighted by Crippen LogP contribution is -2.42. The number of hydrogen-bond donors (Lipinski definition) is 0. The maximum absolute atomic E-state index is 14.1. The van der Waals surface area contributed by atoms with Crippen LogP contribution >= 0.6 is 0 Å². The van der Waals surface area contributed by atoms with E-state index in [1.807, 2.05) is 37.7 Å². The summed E-state index contributed by atoms with van der Waals surface area (Å²) in [5, 5.41) is 13.4. The second kappa shape index (κ2) is 9.21. The lowest BCUT2D eigenvalue weighted by atomic mass is 10.1. The minimum atomic E-state index is -0.518. The van der Waals surface area contributed by atoms with Crippen LogP contribution in [0, 0.1) is 17.1 Å². The van der Waals surface area contributed by atoms with Crippen molar-refractivity contribution in [2.24, 2.45) is 0 Å². The SMILES string of the molecule is C=Cc1cn(C2CCN(C(=O)OC(C)(C)C)CC2)nc1OCc1ccc(C#N)cc1F. The number of halogens is 1. The monoisotopic (exact) mass is 426 g/mol. The van der Waals surface area contributed by atoms with Crippen LogP contribution in [0.5, 0.6) is 5.88 Å². The Morgan fingerprint density at radius 3 is 2.68 bits per heavy atom. The number of aromatic nitrogens is 2. The molecule has 0 bridgehead atoms. The third-order valence-electron chi connectivity index (χ3n) is 4.98. The number of amides is 1. The Kier molecular flexibility index (Phi) is 6.64. The molecule has 0 radical (unpaired) electrons. The largest absolute Gasteiger partial charge is 0.471 e. The minimum absolute atomic E-state index is 0.00746. The quantitative estimate of drug-likeness (QED) is 0.693. The van der Waals surface area contributed by atoms with Crippen LogP contribution in [0.15, 0.2) is 31.0 Å². The zero-order valence-electron chi connectivity index (χ0n) is 18.1. The molecule has 7 nitrogen and oxygen atoms in total. The van der Waals surface area contributed by atoms with Gasteiger partial charge in [-0.25, -0.2) is 9.18 Å². The van der Waals surface area contributed by atoms with Gasteiger partial charge in [-0.1, -0.05) is 18.7 Å². The summed E-state index contributed by atoms with van der Waals surface area (Å²) in [5.41, 5.74) is 0.794. The smallest absolute Gasteiger partial charge is 0.410 e. The van der Waals surface area contributed by atoms with Gasteiger partial charge in [-0.3, -0.25) is 4.68 Å². The predicted molar refractivity (Wildman–Crippen MR) is 114 cm³/mol. The van der Waals surface area contributed by atoms with Crippen molar-refractivity contribution in [3.05, 3.63) is 53.5 Å². The van der Waals surface area contributed by atoms with Crippen LogP contribution in [0.1, 0.15) is 56.3 Å². The number of nitriles is 1. The average molecular weight is 426 g/mol. The summed E-state index contributed by atoms with van der Waals surface area (Å²) in [6.45, 7) is 10.5. The maximum Gasteiger partial charge on any atom is 0.410 e. The Morgan fingerprint density at radius 2 is 2.10 bits per heavy atom. The van der Waals surface area contributed by atoms with Gasteiger partial charge >= 0.3 is 6.09 Å². The van der Waals surface area contributed by atoms with Crippen LogP contribution in [0.3, 0.4) is 0 Å². The fraction of sp³-hybridized carbons (Fsp3) is 0.435. The summed E-state index contributed by atoms with van der Waals surface area (Å²) in [6.07, 6.45) is 4.67. The number of nitrogens with zero attached hydrogens (tertiary/aromatic N) is 4. The van der Waals surface area contributed by atoms with E-state index < -0.39 is 11.4 Å². The van der Waals surface area contributed by atoms with E-state index in [0.29, 0.717) is 30.1 Å². The van der Waals surface area contributed by atoms with Crippen LogP contribution in [0.2, 0.25) is 0 Å². The molecule has 2 aromatic rings. The molecule has 1 fully saturated rings. The molecule has 0 unspecified atom stereocenters. The molecular weight excluding hydrogens is 399 g/mol. The molecule has 1 aromatic heterocycles. The summed E-state index contributed by atoms with van der Waals surface area (Å²) in [6, 6.07) is 6.28. The second-order valence-corrected chi connectivity index (χ2v) is 8.48. The molecule has 0 N–H and O–H groups in total. The van der Waals surface area contributed by atoms with E-state index in [2.05, 4.69) is 11.7 Å². The highest BCUT2D eigenvalue weighted by atomic mass is 19.1. The average Bonchev–Trinajstić information content (AvgIpc) is 3.15. The van der Waals surface area contributed by atoms with Gasteiger partial charge in [0, 0.05) is 24.8 Å². The van der Waals surface area contributed by atoms with Crippen molar-refractivity contribution in [2.75, 3.05) is 13.1 Å². The molecule has 1 aliphatic heterocycles. The molecule has 8 heteroatoms. The molecule has 1 aromatic carbocycles. The van der Waals surface area contributed by atoms with Crippen LogP contribution in [-0.2, 0) is 11.3 Å². The van der Waals surface area contributed by atoms with Crippen molar-refractivity contribution >= 4 is 12.2 Å². The fourth-order valence-corrected chi connectivity index (χ4v) is 3.35. The van der Waals surface area contributed by atoms with Gasteiger partial charge in [0.05, 0.1) is 23.2 Å². The van der Waals surface area contributed by atoms with Gasteiger partial charge in [-0.2, -0.15) is 5.26 Å². The zero-order chi connectivity index (χ0) is 22.6. The summed E-state index contributed by atoms with van der Waals surface area (Å²) < 4.78 is 27.1. The van der Waals surface area contributed by atoms with Gasteiger partial charge in [0.15, 0.2) is 0 Å². The predicted octanol–water partition coefficient (Wildman–Crippen LogP) is 4.69. The molecule has 3 rings (SSSR count). The highest BCUT2D eigenvalue weighted by Gasteiger charge is 2.28. The fourth-order valence-electron chi connectivity index (χ4n) is 3.35. The Hall–Kier alpha value is -3.34. The van der Waals surface area contributed by atoms with E-state index >= 15 is 0 Å². The van der Waals surface area contributed by atoms with E-state index in [-0.39, 0.29) is 24.3 Å². The Labute approximate surface area is 181 Å². The summed E-state index contributed by atoms with van der Waals surface area (Å²) in [4.78, 5) is 14.0. The number of carbonyl (C=O) groups is 1. The molecule has 2 heterocycles. The molecule has 1 amide bonds. The topological polar surface area (TPSA) is 80.4 Å². The molecule has 164 valence electrons. The van der Waals surface area contributed by atoms with Crippen molar-refractivity contribution in [1.82, 2.24) is 14.7 Å². The number of ether oxygens (including phenoxy) is 2. The van der Waals surface area contributed by atoms with Crippen molar-refractivity contribution in [1.29, 1.82) is 5.26 Å². The van der Waals surface area contributed by atoms with E-state index in [1.54, 1.807) is 17.0 Å². The van der Waals surface area contributed by atoms with Crippen molar-refractivity contribution in [2.45, 2.75) is 51.9 Å². The van der Waals surface area contributed by atoms with Gasteiger partial charge in [-0.05, 0) is 45.7 Å². The highest BCUT2D eigenvalue weighted by Crippen LogP contribution is 2.27. The van der Waals surface area contributed by atoms with E-state index in [0.717, 1.165) is 12.8 Å². The highest BCUT2D eigenvalue weighted by molar-refractivity contribution is 5.68. The van der Waals surface area contributed by atoms with E-state index in [4.69, 9.17) is 14.7 Å². The van der Waals surface area contributed by atoms with Crippen LogP contribution in [0.25, 0.3) is 6.08 Å². The maximum atomic E-state index is 14.1. The lowest BCUT2D eigenvalue weighted by Gasteiger charge is -2.33. The van der Waals surface area contributed by atoms with Gasteiger partial charge in [-0.15, -0.1) is 5.10 Å². The number of piperidine rings is 1. The Balaban J connectivity index is 1.63. The summed E-state index contributed by atoms with van der Waals surface area (Å²) in [7, 11) is 0. The normalized spacial score (nSPS) is 14.7. The van der Waals surface area contributed by atoms with E-state index in [9.17, 15) is 9.18 Å². The third-order valence-corrected chi connectivity index (χ3v) is 4.98. The number of hydrogen-bond acceptors (Lipinski definition) is 5. The Morgan fingerprint density at radius 1 is 1.39 bits per heavy atom. The first-order chi connectivity index (χ1) is 14.7. The molecule has 1 saturated heterocycles. The van der Waals surface area contributed by atoms with Crippen molar-refractivity contribution in [3.8, 4) is 11.9 Å². The number of rotatable bonds is 5. The molecule has 0 aliphatic carbocycles. The molecule has 1 aliphatic rings. The molecule has 0 saturated carbocycles. The first-order valence-electron chi connectivity index (χ1n) is 10.2. The van der Waals surface area contributed by atoms with Gasteiger partial charge in [0.25, 0.3) is 0 Å². The molecular formula is C23H27FN4O3. The number of likely N-dealkylation sites (tertiary alicyclic amines) is 1. The molecule has 0 spiro atoms. The van der Waals surface area contributed by atoms with Crippen molar-refractivity contribution < 1.29 is 18.7 Å². The van der Waals surface area contributed by atoms with Crippen LogP contribution in [0.4, 0.5) is 9.18 Å². The lowest BCUT2D eigenvalue weighted by molar-refractivity contribution is 0.0184. The van der Waals surface area contributed by atoms with Crippen LogP contribution in [-0.4, -0.2) is 39.5 Å². The molecule has 0 atom stereocenters. The first kappa shape index (κ1) is 22.3. The van der Waals surface area contributed by atoms with Gasteiger partial charge < -0.3 is 14.4 Å². The summed E-state index contributed by atoms with van der Waals surface area (Å²) in [5.74, 6) is -0.124. The summed E-state index contributed by atoms with van der Waals surface area (Å²) >= 11 is 0. The second-order valence-electron chi connectivity index (χ2n) is 8.48. The first-order valence-corrected chi connectivity index (χ1v) is 10.2. The minimum Gasteiger partial charge on any atom is -0.471 e. The van der Waals surface area contributed by atoms with Gasteiger partial charge in [0.1, 0.15) is 18.0 Å². The van der Waals surface area contributed by atoms with Crippen molar-refractivity contribution in [3.63, 3.8) is 0 Å². The van der Waals surface area contributed by atoms with Gasteiger partial charge in [0.2, 0.25) is 5.88 Å². The standard InChI is InChI=1S/C23H27FN4O3/c1-5-17-14-28(19-8-10-27(11-9-19)22(29)31-23(2,3)4)26-21(17)30-15-18-7-6-16(13-25)12-20(18)24/h5-7,12,14,19H,1,8-11,15H2,2-4H3. The Bertz CT molecular complexity index is 995. The number of carbonyl (C=O) groups excluding carboxylic acids is 1. The number of benzene rings is 1. The van der Waals surface area contributed by atoms with E-state index in [1.165, 1.54) is 12.1 Å². The van der Waals surface area contributed by atoms with Crippen LogP contribution < -0.4 is 4.74 Å². The third kappa shape index (κ3) is 5.63. The zero-order valence-corrected chi connectivity index (χ0v) is 18.1.